The Bertz CT molecular complexity index is 735. The maximum absolute atomic E-state index is 3.50. The van der Waals surface area contributed by atoms with Gasteiger partial charge in [0.15, 0.2) is 0 Å². The topological polar surface area (TPSA) is 0 Å². The molecule has 0 aromatic heterocycles. The molecule has 0 bridgehead atoms. The van der Waals surface area contributed by atoms with Gasteiger partial charge in [-0.05, 0) is 30.2 Å². The molecule has 0 radical (unpaired) electrons. The van der Waals surface area contributed by atoms with Gasteiger partial charge in [0.05, 0.1) is 5.41 Å². The number of rotatable bonds is 2. The second-order valence-electron chi connectivity index (χ2n) is 5.47. The van der Waals surface area contributed by atoms with Gasteiger partial charge in [-0.3, -0.25) is 0 Å². The monoisotopic (exact) mass is 282 g/mol. The van der Waals surface area contributed by atoms with Crippen LogP contribution < -0.4 is 0 Å². The zero-order valence-corrected chi connectivity index (χ0v) is 12.7. The zero-order chi connectivity index (χ0) is 15.3. The standard InChI is InChI=1S/C22H18/c1-22(20-13-7-3-8-14-20,21-15-9-4-10-16-21)18-17-19-11-5-2-6-12-19/h2-16H,1H3. The highest BCUT2D eigenvalue weighted by atomic mass is 14.3. The van der Waals surface area contributed by atoms with Crippen LogP contribution in [0.2, 0.25) is 0 Å². The van der Waals surface area contributed by atoms with E-state index in [1.807, 2.05) is 42.5 Å². The van der Waals surface area contributed by atoms with E-state index in [2.05, 4.69) is 67.3 Å². The zero-order valence-electron chi connectivity index (χ0n) is 12.7. The van der Waals surface area contributed by atoms with Crippen molar-refractivity contribution >= 4 is 0 Å². The summed E-state index contributed by atoms with van der Waals surface area (Å²) in [5, 5.41) is 0. The molecule has 0 aliphatic rings. The second-order valence-corrected chi connectivity index (χ2v) is 5.47. The van der Waals surface area contributed by atoms with Crippen molar-refractivity contribution in [3.8, 4) is 11.8 Å². The van der Waals surface area contributed by atoms with Crippen LogP contribution in [0.3, 0.4) is 0 Å². The molecule has 0 heteroatoms. The molecule has 0 saturated carbocycles. The number of hydrogen-bond donors (Lipinski definition) is 0. The van der Waals surface area contributed by atoms with Gasteiger partial charge in [-0.15, -0.1) is 0 Å². The molecule has 3 rings (SSSR count). The summed E-state index contributed by atoms with van der Waals surface area (Å²) in [7, 11) is 0. The van der Waals surface area contributed by atoms with Crippen LogP contribution in [0.25, 0.3) is 0 Å². The molecule has 0 atom stereocenters. The summed E-state index contributed by atoms with van der Waals surface area (Å²) in [5.41, 5.74) is 3.15. The van der Waals surface area contributed by atoms with Crippen molar-refractivity contribution in [2.24, 2.45) is 0 Å². The van der Waals surface area contributed by atoms with Gasteiger partial charge in [-0.25, -0.2) is 0 Å². The van der Waals surface area contributed by atoms with Crippen LogP contribution in [-0.4, -0.2) is 0 Å². The van der Waals surface area contributed by atoms with Crippen molar-refractivity contribution in [1.29, 1.82) is 0 Å². The van der Waals surface area contributed by atoms with Gasteiger partial charge in [0, 0.05) is 5.56 Å². The first-order valence-corrected chi connectivity index (χ1v) is 7.48. The Kier molecular flexibility index (Phi) is 4.08. The molecule has 0 aliphatic carbocycles. The van der Waals surface area contributed by atoms with Crippen LogP contribution >= 0.6 is 0 Å². The van der Waals surface area contributed by atoms with E-state index in [9.17, 15) is 0 Å². The van der Waals surface area contributed by atoms with E-state index in [0.29, 0.717) is 0 Å². The fourth-order valence-electron chi connectivity index (χ4n) is 2.57. The van der Waals surface area contributed by atoms with Crippen LogP contribution in [-0.2, 0) is 5.41 Å². The molecule has 0 nitrogen and oxygen atoms in total. The highest BCUT2D eigenvalue weighted by molar-refractivity contribution is 5.49. The fourth-order valence-corrected chi connectivity index (χ4v) is 2.57. The smallest absolute Gasteiger partial charge is 0.0787 e. The number of benzene rings is 3. The van der Waals surface area contributed by atoms with Crippen LogP contribution in [0.1, 0.15) is 23.6 Å². The van der Waals surface area contributed by atoms with Gasteiger partial charge in [-0.1, -0.05) is 90.7 Å². The average Bonchev–Trinajstić information content (AvgIpc) is 2.62. The Morgan fingerprint density at radius 1 is 0.591 bits per heavy atom. The van der Waals surface area contributed by atoms with Crippen LogP contribution in [0.5, 0.6) is 0 Å². The second kappa shape index (κ2) is 6.33. The van der Waals surface area contributed by atoms with E-state index < -0.39 is 0 Å². The van der Waals surface area contributed by atoms with E-state index in [4.69, 9.17) is 0 Å². The van der Waals surface area contributed by atoms with Crippen molar-refractivity contribution in [3.63, 3.8) is 0 Å². The average molecular weight is 282 g/mol. The molecule has 3 aromatic carbocycles. The van der Waals surface area contributed by atoms with Gasteiger partial charge < -0.3 is 0 Å². The van der Waals surface area contributed by atoms with E-state index in [0.717, 1.165) is 5.56 Å². The van der Waals surface area contributed by atoms with Crippen molar-refractivity contribution in [1.82, 2.24) is 0 Å². The molecule has 0 amide bonds. The Labute approximate surface area is 132 Å². The lowest BCUT2D eigenvalue weighted by Gasteiger charge is -2.25. The molecular weight excluding hydrogens is 264 g/mol. The van der Waals surface area contributed by atoms with Crippen molar-refractivity contribution in [2.45, 2.75) is 12.3 Å². The van der Waals surface area contributed by atoms with Crippen LogP contribution in [0.4, 0.5) is 0 Å². The lowest BCUT2D eigenvalue weighted by molar-refractivity contribution is 0.753. The summed E-state index contributed by atoms with van der Waals surface area (Å²) in [6.45, 7) is 2.19. The summed E-state index contributed by atoms with van der Waals surface area (Å²) < 4.78 is 0. The Hall–Kier alpha value is -2.78. The van der Waals surface area contributed by atoms with Crippen molar-refractivity contribution in [3.05, 3.63) is 108 Å². The maximum atomic E-state index is 3.50. The Morgan fingerprint density at radius 2 is 1.00 bits per heavy atom. The normalized spacial score (nSPS) is 10.6. The molecule has 0 heterocycles. The lowest BCUT2D eigenvalue weighted by Crippen LogP contribution is -2.21. The maximum Gasteiger partial charge on any atom is 0.0787 e. The fraction of sp³-hybridized carbons (Fsp3) is 0.0909. The Morgan fingerprint density at radius 3 is 1.45 bits per heavy atom. The molecule has 22 heavy (non-hydrogen) atoms. The van der Waals surface area contributed by atoms with Crippen LogP contribution in [0, 0.1) is 11.8 Å². The first-order valence-electron chi connectivity index (χ1n) is 7.48. The third kappa shape index (κ3) is 2.95. The summed E-state index contributed by atoms with van der Waals surface area (Å²) in [4.78, 5) is 0. The molecule has 0 unspecified atom stereocenters. The SMILES string of the molecule is CC(C#Cc1ccccc1)(c1ccccc1)c1ccccc1. The minimum absolute atomic E-state index is 0.321. The third-order valence-electron chi connectivity index (χ3n) is 3.93. The quantitative estimate of drug-likeness (QED) is 0.577. The van der Waals surface area contributed by atoms with E-state index >= 15 is 0 Å². The molecule has 3 aromatic rings. The molecule has 0 fully saturated rings. The number of hydrogen-bond acceptors (Lipinski definition) is 0. The highest BCUT2D eigenvalue weighted by Crippen LogP contribution is 2.31. The van der Waals surface area contributed by atoms with E-state index in [1.165, 1.54) is 11.1 Å². The minimum atomic E-state index is -0.321. The summed E-state index contributed by atoms with van der Waals surface area (Å²) in [6.07, 6.45) is 0. The van der Waals surface area contributed by atoms with Gasteiger partial charge in [-0.2, -0.15) is 0 Å². The molecule has 0 saturated heterocycles. The predicted octanol–water partition coefficient (Wildman–Crippen LogP) is 5.04. The first kappa shape index (κ1) is 14.2. The summed E-state index contributed by atoms with van der Waals surface area (Å²) in [6, 6.07) is 31.1. The highest BCUT2D eigenvalue weighted by Gasteiger charge is 2.26. The van der Waals surface area contributed by atoms with E-state index in [-0.39, 0.29) is 5.41 Å². The van der Waals surface area contributed by atoms with Gasteiger partial charge in [0.2, 0.25) is 0 Å². The largest absolute Gasteiger partial charge is 0.0817 e. The molecule has 0 spiro atoms. The summed E-state index contributed by atoms with van der Waals surface area (Å²) >= 11 is 0. The molecule has 106 valence electrons. The van der Waals surface area contributed by atoms with Gasteiger partial charge >= 0.3 is 0 Å². The van der Waals surface area contributed by atoms with Gasteiger partial charge in [0.1, 0.15) is 0 Å². The third-order valence-corrected chi connectivity index (χ3v) is 3.93. The van der Waals surface area contributed by atoms with E-state index in [1.54, 1.807) is 0 Å². The first-order chi connectivity index (χ1) is 10.8. The molecule has 0 N–H and O–H groups in total. The minimum Gasteiger partial charge on any atom is -0.0817 e. The predicted molar refractivity (Wildman–Crippen MR) is 92.7 cm³/mol. The van der Waals surface area contributed by atoms with Crippen LogP contribution in [0.15, 0.2) is 91.0 Å². The molecule has 0 aliphatic heterocycles. The van der Waals surface area contributed by atoms with Gasteiger partial charge in [0.25, 0.3) is 0 Å². The lowest BCUT2D eigenvalue weighted by atomic mass is 9.76. The Balaban J connectivity index is 2.11. The van der Waals surface area contributed by atoms with Crippen molar-refractivity contribution in [2.75, 3.05) is 0 Å². The van der Waals surface area contributed by atoms with Crippen molar-refractivity contribution < 1.29 is 0 Å². The summed E-state index contributed by atoms with van der Waals surface area (Å²) in [5.74, 6) is 6.83. The molecular formula is C22H18.